The molecular weight excluding hydrogens is 407 g/mol. The molecular formula is C25H25FN4O2. The molecule has 1 aromatic heterocycles. The molecule has 1 unspecified atom stereocenters. The zero-order valence-corrected chi connectivity index (χ0v) is 17.9. The van der Waals surface area contributed by atoms with Gasteiger partial charge in [-0.15, -0.1) is 0 Å². The number of nitrogens with one attached hydrogen (secondary N) is 1. The molecule has 1 fully saturated rings. The Morgan fingerprint density at radius 3 is 2.62 bits per heavy atom. The predicted molar refractivity (Wildman–Crippen MR) is 122 cm³/mol. The monoisotopic (exact) mass is 432 g/mol. The van der Waals surface area contributed by atoms with E-state index in [0.717, 1.165) is 37.9 Å². The molecule has 2 heterocycles. The van der Waals surface area contributed by atoms with Gasteiger partial charge in [-0.05, 0) is 49.5 Å². The highest BCUT2D eigenvalue weighted by atomic mass is 19.1. The van der Waals surface area contributed by atoms with E-state index < -0.39 is 5.82 Å². The molecule has 164 valence electrons. The van der Waals surface area contributed by atoms with E-state index >= 15 is 0 Å². The molecule has 7 heteroatoms. The van der Waals surface area contributed by atoms with Gasteiger partial charge in [0.2, 0.25) is 5.69 Å². The van der Waals surface area contributed by atoms with Crippen LogP contribution in [0.15, 0.2) is 47.3 Å². The van der Waals surface area contributed by atoms with Crippen LogP contribution in [-0.4, -0.2) is 27.7 Å². The summed E-state index contributed by atoms with van der Waals surface area (Å²) < 4.78 is 16.1. The fourth-order valence-corrected chi connectivity index (χ4v) is 4.25. The number of benzene rings is 2. The van der Waals surface area contributed by atoms with Gasteiger partial charge in [0, 0.05) is 18.5 Å². The number of hydrogen-bond donors (Lipinski definition) is 2. The molecule has 3 aromatic rings. The molecule has 1 atom stereocenters. The van der Waals surface area contributed by atoms with Gasteiger partial charge >= 0.3 is 0 Å². The van der Waals surface area contributed by atoms with E-state index in [1.807, 2.05) is 0 Å². The van der Waals surface area contributed by atoms with E-state index in [4.69, 9.17) is 11.6 Å². The maximum atomic E-state index is 14.5. The van der Waals surface area contributed by atoms with Crippen LogP contribution in [0.25, 0.3) is 27.2 Å². The van der Waals surface area contributed by atoms with Crippen molar-refractivity contribution in [1.29, 1.82) is 0 Å². The fraction of sp³-hybridized carbons (Fsp3) is 0.320. The fourth-order valence-electron chi connectivity index (χ4n) is 4.25. The average Bonchev–Trinajstić information content (AvgIpc) is 3.10. The maximum Gasteiger partial charge on any atom is 0.261 e. The number of aliphatic hydroxyl groups is 1. The lowest BCUT2D eigenvalue weighted by Crippen LogP contribution is -2.27. The Morgan fingerprint density at radius 1 is 1.19 bits per heavy atom. The predicted octanol–water partition coefficient (Wildman–Crippen LogP) is 4.15. The summed E-state index contributed by atoms with van der Waals surface area (Å²) in [4.78, 5) is 21.7. The highest BCUT2D eigenvalue weighted by Gasteiger charge is 2.24. The lowest BCUT2D eigenvalue weighted by atomic mass is 9.96. The molecule has 2 aromatic carbocycles. The Morgan fingerprint density at radius 2 is 1.94 bits per heavy atom. The maximum absolute atomic E-state index is 14.5. The first-order valence-corrected chi connectivity index (χ1v) is 10.7. The van der Waals surface area contributed by atoms with Crippen LogP contribution in [0, 0.1) is 12.4 Å². The molecule has 1 aliphatic heterocycles. The van der Waals surface area contributed by atoms with Crippen LogP contribution in [0.1, 0.15) is 36.6 Å². The number of halogens is 1. The minimum absolute atomic E-state index is 0.0681. The molecule has 0 aliphatic carbocycles. The number of nitrogens with zero attached hydrogens (tertiary/aromatic N) is 3. The van der Waals surface area contributed by atoms with Crippen molar-refractivity contribution in [3.63, 3.8) is 0 Å². The van der Waals surface area contributed by atoms with Gasteiger partial charge in [-0.2, -0.15) is 0 Å². The summed E-state index contributed by atoms with van der Waals surface area (Å²) in [5, 5.41) is 12.7. The van der Waals surface area contributed by atoms with Crippen LogP contribution in [0.5, 0.6) is 0 Å². The van der Waals surface area contributed by atoms with Gasteiger partial charge in [0.1, 0.15) is 11.6 Å². The van der Waals surface area contributed by atoms with E-state index in [1.54, 1.807) is 41.9 Å². The third kappa shape index (κ3) is 4.20. The number of aliphatic hydroxyl groups excluding tert-OH is 1. The smallest absolute Gasteiger partial charge is 0.261 e. The zero-order valence-electron chi connectivity index (χ0n) is 17.9. The molecule has 0 radical (unpaired) electrons. The average molecular weight is 432 g/mol. The normalized spacial score (nSPS) is 16.4. The van der Waals surface area contributed by atoms with Crippen molar-refractivity contribution in [2.24, 2.45) is 7.05 Å². The summed E-state index contributed by atoms with van der Waals surface area (Å²) in [7, 11) is 1.74. The molecule has 1 aliphatic rings. The zero-order chi connectivity index (χ0) is 22.7. The molecule has 0 saturated carbocycles. The van der Waals surface area contributed by atoms with Crippen molar-refractivity contribution in [1.82, 2.24) is 14.9 Å². The Bertz CT molecular complexity index is 1220. The summed E-state index contributed by atoms with van der Waals surface area (Å²) in [5.74, 6) is 0.181. The van der Waals surface area contributed by atoms with E-state index in [2.05, 4.69) is 10.2 Å². The molecule has 4 rings (SSSR count). The van der Waals surface area contributed by atoms with Crippen molar-refractivity contribution >= 4 is 5.69 Å². The summed E-state index contributed by atoms with van der Waals surface area (Å²) >= 11 is 0. The van der Waals surface area contributed by atoms with Crippen LogP contribution in [-0.2, 0) is 13.7 Å². The Labute approximate surface area is 186 Å². The first kappa shape index (κ1) is 21.9. The second-order valence-corrected chi connectivity index (χ2v) is 8.07. The van der Waals surface area contributed by atoms with Gasteiger partial charge in [-0.3, -0.25) is 9.36 Å². The highest BCUT2D eigenvalue weighted by molar-refractivity contribution is 5.81. The number of aromatic nitrogens is 2. The molecule has 2 N–H and O–H groups in total. The van der Waals surface area contributed by atoms with E-state index in [0.29, 0.717) is 28.2 Å². The van der Waals surface area contributed by atoms with E-state index in [-0.39, 0.29) is 23.8 Å². The summed E-state index contributed by atoms with van der Waals surface area (Å²) in [6.07, 6.45) is 2.78. The first-order chi connectivity index (χ1) is 15.5. The Balaban J connectivity index is 1.95. The Hall–Kier alpha value is -3.34. The van der Waals surface area contributed by atoms with E-state index in [1.165, 1.54) is 12.1 Å². The third-order valence-corrected chi connectivity index (χ3v) is 6.03. The van der Waals surface area contributed by atoms with Gasteiger partial charge in [-0.1, -0.05) is 36.4 Å². The van der Waals surface area contributed by atoms with Crippen LogP contribution >= 0.6 is 0 Å². The van der Waals surface area contributed by atoms with Crippen LogP contribution in [0.4, 0.5) is 10.1 Å². The van der Waals surface area contributed by atoms with Crippen molar-refractivity contribution in [3.8, 4) is 22.4 Å². The van der Waals surface area contributed by atoms with Crippen molar-refractivity contribution in [3.05, 3.63) is 81.4 Å². The van der Waals surface area contributed by atoms with Gasteiger partial charge in [-0.25, -0.2) is 14.2 Å². The van der Waals surface area contributed by atoms with Gasteiger partial charge in [0.25, 0.3) is 5.56 Å². The minimum Gasteiger partial charge on any atom is -0.392 e. The molecule has 6 nitrogen and oxygen atoms in total. The molecule has 1 saturated heterocycles. The molecule has 32 heavy (non-hydrogen) atoms. The second-order valence-electron chi connectivity index (χ2n) is 8.07. The lowest BCUT2D eigenvalue weighted by Gasteiger charge is -2.20. The second kappa shape index (κ2) is 9.43. The SMILES string of the molecule is [C-]#[N+]c1ccc(-c2nc(C3CCCNCC3)n(C)c(=O)c2-c2ccc(CO)cc2)cc1F. The van der Waals surface area contributed by atoms with E-state index in [9.17, 15) is 14.3 Å². The Kier molecular flexibility index (Phi) is 6.45. The van der Waals surface area contributed by atoms with Crippen LogP contribution in [0.2, 0.25) is 0 Å². The summed E-state index contributed by atoms with van der Waals surface area (Å²) in [6, 6.07) is 11.4. The molecule has 0 amide bonds. The number of hydrogen-bond acceptors (Lipinski definition) is 4. The summed E-state index contributed by atoms with van der Waals surface area (Å²) in [5.41, 5.74) is 2.36. The topological polar surface area (TPSA) is 71.5 Å². The largest absolute Gasteiger partial charge is 0.392 e. The number of rotatable bonds is 4. The third-order valence-electron chi connectivity index (χ3n) is 6.03. The van der Waals surface area contributed by atoms with Gasteiger partial charge in [0.15, 0.2) is 0 Å². The van der Waals surface area contributed by atoms with Gasteiger partial charge in [0.05, 0.1) is 24.4 Å². The summed E-state index contributed by atoms with van der Waals surface area (Å²) in [6.45, 7) is 8.82. The van der Waals surface area contributed by atoms with Crippen LogP contribution < -0.4 is 10.9 Å². The van der Waals surface area contributed by atoms with Crippen LogP contribution in [0.3, 0.4) is 0 Å². The standard InChI is InChI=1S/C25H25FN4O2/c1-27-21-10-9-19(14-20(21)26)23-22(17-7-5-16(15-31)6-8-17)25(32)30(2)24(29-23)18-4-3-12-28-13-11-18/h5-10,14,18,28,31H,3-4,11-13,15H2,2H3. The van der Waals surface area contributed by atoms with Crippen molar-refractivity contribution in [2.75, 3.05) is 13.1 Å². The van der Waals surface area contributed by atoms with Gasteiger partial charge < -0.3 is 10.4 Å². The quantitative estimate of drug-likeness (QED) is 0.608. The molecule has 0 spiro atoms. The first-order valence-electron chi connectivity index (χ1n) is 10.7. The van der Waals surface area contributed by atoms with Crippen molar-refractivity contribution < 1.29 is 9.50 Å². The lowest BCUT2D eigenvalue weighted by molar-refractivity contribution is 0.282. The molecule has 0 bridgehead atoms. The minimum atomic E-state index is -0.637. The van der Waals surface area contributed by atoms with Crippen molar-refractivity contribution in [2.45, 2.75) is 31.8 Å². The highest BCUT2D eigenvalue weighted by Crippen LogP contribution is 2.33.